The molecule has 0 saturated heterocycles. The summed E-state index contributed by atoms with van der Waals surface area (Å²) in [7, 11) is 0. The van der Waals surface area contributed by atoms with Crippen molar-refractivity contribution in [3.63, 3.8) is 0 Å². The molecule has 0 spiro atoms. The second-order valence-electron chi connectivity index (χ2n) is 7.70. The summed E-state index contributed by atoms with van der Waals surface area (Å²) < 4.78 is 11.3. The highest BCUT2D eigenvalue weighted by molar-refractivity contribution is 6.12. The number of ether oxygens (including phenoxy) is 2. The van der Waals surface area contributed by atoms with Gasteiger partial charge in [-0.05, 0) is 59.2 Å². The lowest BCUT2D eigenvalue weighted by atomic mass is 10.1. The molecule has 0 unspecified atom stereocenters. The summed E-state index contributed by atoms with van der Waals surface area (Å²) >= 11 is 0. The van der Waals surface area contributed by atoms with E-state index in [0.29, 0.717) is 12.5 Å². The van der Waals surface area contributed by atoms with Crippen LogP contribution in [0.2, 0.25) is 0 Å². The maximum atomic E-state index is 12.2. The number of esters is 1. The molecule has 4 nitrogen and oxygen atoms in total. The zero-order valence-electron chi connectivity index (χ0n) is 17.6. The Hall–Kier alpha value is -4.18. The Morgan fingerprint density at radius 2 is 1.62 bits per heavy atom. The van der Waals surface area contributed by atoms with Crippen molar-refractivity contribution < 1.29 is 14.3 Å². The predicted molar refractivity (Wildman–Crippen MR) is 127 cm³/mol. The van der Waals surface area contributed by atoms with E-state index in [1.165, 1.54) is 10.8 Å². The lowest BCUT2D eigenvalue weighted by molar-refractivity contribution is -0.129. The maximum Gasteiger partial charge on any atom is 0.363 e. The van der Waals surface area contributed by atoms with Crippen LogP contribution in [0.15, 0.2) is 102 Å². The average Bonchev–Trinajstić information content (AvgIpc) is 3.19. The van der Waals surface area contributed by atoms with E-state index >= 15 is 0 Å². The number of cyclic esters (lactones) is 1. The van der Waals surface area contributed by atoms with Crippen molar-refractivity contribution in [2.75, 3.05) is 0 Å². The number of carbonyl (C=O) groups excluding carboxylic acids is 1. The summed E-state index contributed by atoms with van der Waals surface area (Å²) in [6.07, 6.45) is 1.72. The summed E-state index contributed by atoms with van der Waals surface area (Å²) in [6, 6.07) is 29.8. The molecule has 1 aliphatic rings. The summed E-state index contributed by atoms with van der Waals surface area (Å²) in [5.74, 6) is 0.645. The molecule has 0 aliphatic carbocycles. The first kappa shape index (κ1) is 19.8. The van der Waals surface area contributed by atoms with Gasteiger partial charge in [-0.25, -0.2) is 9.79 Å². The molecule has 0 saturated carbocycles. The molecule has 156 valence electrons. The molecule has 1 heterocycles. The normalized spacial score (nSPS) is 14.5. The van der Waals surface area contributed by atoms with Gasteiger partial charge in [0.2, 0.25) is 5.90 Å². The topological polar surface area (TPSA) is 47.9 Å². The van der Waals surface area contributed by atoms with Crippen LogP contribution in [0.5, 0.6) is 5.75 Å². The van der Waals surface area contributed by atoms with Gasteiger partial charge in [0.15, 0.2) is 5.70 Å². The van der Waals surface area contributed by atoms with E-state index in [1.54, 1.807) is 6.08 Å². The molecule has 0 amide bonds. The second-order valence-corrected chi connectivity index (χ2v) is 7.70. The van der Waals surface area contributed by atoms with Crippen LogP contribution in [0.4, 0.5) is 0 Å². The van der Waals surface area contributed by atoms with Crippen molar-refractivity contribution in [2.24, 2.45) is 4.99 Å². The Bertz CT molecular complexity index is 1340. The first-order valence-electron chi connectivity index (χ1n) is 10.4. The van der Waals surface area contributed by atoms with E-state index in [9.17, 15) is 4.79 Å². The van der Waals surface area contributed by atoms with E-state index in [4.69, 9.17) is 9.47 Å². The van der Waals surface area contributed by atoms with Gasteiger partial charge in [-0.1, -0.05) is 72.3 Å². The van der Waals surface area contributed by atoms with Gasteiger partial charge in [0.1, 0.15) is 12.4 Å². The first-order valence-corrected chi connectivity index (χ1v) is 10.4. The molecule has 0 radical (unpaired) electrons. The SMILES string of the molecule is Cc1ccc(C2=N/C(=C/c3ccc(OCc4cccc5ccccc45)cc3)C(=O)O2)cc1. The van der Waals surface area contributed by atoms with Gasteiger partial charge in [-0.2, -0.15) is 0 Å². The third-order valence-corrected chi connectivity index (χ3v) is 5.38. The zero-order valence-corrected chi connectivity index (χ0v) is 17.6. The average molecular weight is 419 g/mol. The molecule has 4 aromatic rings. The van der Waals surface area contributed by atoms with E-state index in [-0.39, 0.29) is 5.70 Å². The Morgan fingerprint density at radius 1 is 0.875 bits per heavy atom. The molecule has 1 aliphatic heterocycles. The molecule has 0 aromatic heterocycles. The second kappa shape index (κ2) is 8.52. The van der Waals surface area contributed by atoms with Gasteiger partial charge in [0.25, 0.3) is 0 Å². The van der Waals surface area contributed by atoms with E-state index in [2.05, 4.69) is 29.3 Å². The number of fused-ring (bicyclic) bond motifs is 1. The van der Waals surface area contributed by atoms with Crippen LogP contribution >= 0.6 is 0 Å². The van der Waals surface area contributed by atoms with Crippen molar-refractivity contribution in [3.8, 4) is 5.75 Å². The van der Waals surface area contributed by atoms with Crippen LogP contribution < -0.4 is 4.74 Å². The largest absolute Gasteiger partial charge is 0.489 e. The summed E-state index contributed by atoms with van der Waals surface area (Å²) in [4.78, 5) is 16.6. The highest BCUT2D eigenvalue weighted by atomic mass is 16.6. The van der Waals surface area contributed by atoms with Crippen LogP contribution in [0.1, 0.15) is 22.3 Å². The highest BCUT2D eigenvalue weighted by Crippen LogP contribution is 2.23. The minimum atomic E-state index is -0.447. The number of rotatable bonds is 5. The van der Waals surface area contributed by atoms with Gasteiger partial charge in [0, 0.05) is 5.56 Å². The minimum absolute atomic E-state index is 0.282. The van der Waals surface area contributed by atoms with Gasteiger partial charge in [-0.15, -0.1) is 0 Å². The molecule has 32 heavy (non-hydrogen) atoms. The third kappa shape index (κ3) is 4.16. The van der Waals surface area contributed by atoms with Crippen molar-refractivity contribution >= 4 is 28.7 Å². The fourth-order valence-electron chi connectivity index (χ4n) is 3.63. The molecule has 0 atom stereocenters. The monoisotopic (exact) mass is 419 g/mol. The Morgan fingerprint density at radius 3 is 2.44 bits per heavy atom. The summed E-state index contributed by atoms with van der Waals surface area (Å²) in [5.41, 5.74) is 4.19. The summed E-state index contributed by atoms with van der Waals surface area (Å²) in [6.45, 7) is 2.49. The standard InChI is InChI=1S/C28H21NO3/c1-19-9-13-22(14-10-19)27-29-26(28(30)32-27)17-20-11-15-24(16-12-20)31-18-23-7-4-6-21-5-2-3-8-25(21)23/h2-17H,18H2,1H3/b26-17+. The van der Waals surface area contributed by atoms with Gasteiger partial charge in [0.05, 0.1) is 0 Å². The van der Waals surface area contributed by atoms with Crippen LogP contribution in [-0.2, 0) is 16.1 Å². The number of hydrogen-bond donors (Lipinski definition) is 0. The number of benzene rings is 4. The van der Waals surface area contributed by atoms with Crippen molar-refractivity contribution in [1.29, 1.82) is 0 Å². The van der Waals surface area contributed by atoms with Crippen molar-refractivity contribution in [3.05, 3.63) is 119 Å². The van der Waals surface area contributed by atoms with Gasteiger partial charge in [-0.3, -0.25) is 0 Å². The Kier molecular flexibility index (Phi) is 5.26. The molecule has 4 aromatic carbocycles. The van der Waals surface area contributed by atoms with Crippen molar-refractivity contribution in [2.45, 2.75) is 13.5 Å². The van der Waals surface area contributed by atoms with Gasteiger partial charge < -0.3 is 9.47 Å². The number of aliphatic imine (C=N–C) groups is 1. The lowest BCUT2D eigenvalue weighted by Gasteiger charge is -2.09. The third-order valence-electron chi connectivity index (χ3n) is 5.38. The number of hydrogen-bond acceptors (Lipinski definition) is 4. The fraction of sp³-hybridized carbons (Fsp3) is 0.0714. The lowest BCUT2D eigenvalue weighted by Crippen LogP contribution is -2.05. The molecule has 0 N–H and O–H groups in total. The first-order chi connectivity index (χ1) is 15.7. The number of nitrogens with zero attached hydrogens (tertiary/aromatic N) is 1. The van der Waals surface area contributed by atoms with E-state index < -0.39 is 5.97 Å². The van der Waals surface area contributed by atoms with Crippen LogP contribution in [-0.4, -0.2) is 11.9 Å². The molecule has 5 rings (SSSR count). The zero-order chi connectivity index (χ0) is 21.9. The van der Waals surface area contributed by atoms with Gasteiger partial charge >= 0.3 is 5.97 Å². The van der Waals surface area contributed by atoms with E-state index in [1.807, 2.05) is 73.7 Å². The van der Waals surface area contributed by atoms with Crippen LogP contribution in [0.25, 0.3) is 16.8 Å². The van der Waals surface area contributed by atoms with E-state index in [0.717, 1.165) is 28.0 Å². The highest BCUT2D eigenvalue weighted by Gasteiger charge is 2.24. The maximum absolute atomic E-state index is 12.2. The molecule has 0 fully saturated rings. The Balaban J connectivity index is 1.30. The molecule has 0 bridgehead atoms. The molecule has 4 heteroatoms. The predicted octanol–water partition coefficient (Wildman–Crippen LogP) is 6.07. The van der Waals surface area contributed by atoms with Crippen LogP contribution in [0.3, 0.4) is 0 Å². The molecular formula is C28H21NO3. The number of aryl methyl sites for hydroxylation is 1. The molecular weight excluding hydrogens is 398 g/mol. The number of carbonyl (C=O) groups is 1. The van der Waals surface area contributed by atoms with Crippen molar-refractivity contribution in [1.82, 2.24) is 0 Å². The van der Waals surface area contributed by atoms with Crippen LogP contribution in [0, 0.1) is 6.92 Å². The quantitative estimate of drug-likeness (QED) is 0.291. The fourth-order valence-corrected chi connectivity index (χ4v) is 3.63. The smallest absolute Gasteiger partial charge is 0.363 e. The minimum Gasteiger partial charge on any atom is -0.489 e. The Labute approximate surface area is 186 Å². The summed E-state index contributed by atoms with van der Waals surface area (Å²) in [5, 5.41) is 2.39.